The second-order valence-corrected chi connectivity index (χ2v) is 35.6. The van der Waals surface area contributed by atoms with Gasteiger partial charge in [0, 0.05) is 116 Å². The Kier molecular flexibility index (Phi) is 45.7. The summed E-state index contributed by atoms with van der Waals surface area (Å²) in [5.41, 5.74) is 6.01. The molecular weight excluding hydrogens is 1630 g/mol. The number of rotatable bonds is 33. The normalized spacial score (nSPS) is 14.8. The summed E-state index contributed by atoms with van der Waals surface area (Å²) in [6.07, 6.45) is 25.6. The molecule has 0 saturated heterocycles. The van der Waals surface area contributed by atoms with Crippen molar-refractivity contribution >= 4 is 48.3 Å². The van der Waals surface area contributed by atoms with Crippen molar-refractivity contribution in [2.24, 2.45) is 16.2 Å². The number of esters is 4. The molecule has 0 saturated carbocycles. The number of aliphatic hydroxyl groups is 4. The third-order valence-corrected chi connectivity index (χ3v) is 21.1. The summed E-state index contributed by atoms with van der Waals surface area (Å²) < 4.78 is 45.2. The molecular formula is C104H140N4O20+2. The van der Waals surface area contributed by atoms with Crippen LogP contribution in [-0.4, -0.2) is 131 Å². The lowest BCUT2D eigenvalue weighted by atomic mass is 9.75. The minimum atomic E-state index is -0.742. The predicted octanol–water partition coefficient (Wildman–Crippen LogP) is 20.5. The number of aromatic nitrogens is 4. The second-order valence-electron chi connectivity index (χ2n) is 35.6. The topological polar surface area (TPSA) is 309 Å². The van der Waals surface area contributed by atoms with Gasteiger partial charge < -0.3 is 58.3 Å². The van der Waals surface area contributed by atoms with E-state index in [9.17, 15) is 39.0 Å². The van der Waals surface area contributed by atoms with Crippen LogP contribution in [0.5, 0.6) is 23.0 Å². The monoisotopic (exact) mass is 1770 g/mol. The number of hydrogen-bond donors (Lipinski definition) is 4. The van der Waals surface area contributed by atoms with Gasteiger partial charge in [-0.3, -0.25) is 24.4 Å². The summed E-state index contributed by atoms with van der Waals surface area (Å²) in [6.45, 7) is 41.9. The van der Waals surface area contributed by atoms with Crippen LogP contribution in [0.2, 0.25) is 0 Å². The molecule has 8 aromatic rings. The maximum atomic E-state index is 13.3. The molecule has 7 aliphatic heterocycles. The molecule has 4 N–H and O–H groups in total. The number of carbonyl (C=O) groups is 6. The van der Waals surface area contributed by atoms with E-state index in [0.29, 0.717) is 73.5 Å². The summed E-state index contributed by atoms with van der Waals surface area (Å²) in [5, 5.41) is 35.7. The summed E-state index contributed by atoms with van der Waals surface area (Å²) in [5.74, 6) is 2.01. The van der Waals surface area contributed by atoms with Crippen molar-refractivity contribution in [3.05, 3.63) is 265 Å². The minimum Gasteiger partial charge on any atom is -0.465 e. The Morgan fingerprint density at radius 3 is 1.11 bits per heavy atom. The Morgan fingerprint density at radius 2 is 0.773 bits per heavy atom. The highest BCUT2D eigenvalue weighted by atomic mass is 16.7. The first-order valence-corrected chi connectivity index (χ1v) is 44.3. The molecule has 0 amide bonds. The molecule has 24 nitrogen and oxygen atoms in total. The fraction of sp³-hybridized carbons (Fsp3) is 0.462. The molecule has 0 fully saturated rings. The molecule has 4 aromatic carbocycles. The van der Waals surface area contributed by atoms with Gasteiger partial charge in [-0.1, -0.05) is 101 Å². The van der Waals surface area contributed by atoms with Crippen LogP contribution in [0.15, 0.2) is 220 Å². The van der Waals surface area contributed by atoms with E-state index in [4.69, 9.17) is 53.0 Å². The van der Waals surface area contributed by atoms with Crippen LogP contribution in [0, 0.1) is 16.2 Å². The first-order valence-electron chi connectivity index (χ1n) is 44.3. The number of hydrogen-bond acceptors (Lipinski definition) is 22. The molecule has 6 unspecified atom stereocenters. The zero-order chi connectivity index (χ0) is 94.5. The van der Waals surface area contributed by atoms with Crippen LogP contribution >= 0.6 is 0 Å². The van der Waals surface area contributed by atoms with Gasteiger partial charge in [-0.05, 0) is 301 Å². The highest BCUT2D eigenvalue weighted by Gasteiger charge is 2.38. The van der Waals surface area contributed by atoms with Crippen molar-refractivity contribution in [1.82, 2.24) is 9.97 Å². The molecule has 4 aromatic heterocycles. The van der Waals surface area contributed by atoms with Gasteiger partial charge in [0.15, 0.2) is 0 Å². The van der Waals surface area contributed by atoms with Gasteiger partial charge in [0.1, 0.15) is 22.7 Å². The standard InChI is InChI=1S/C48H64N2O8.C29H41NO6.C13H16O3.C7H7N.C7H12O3/c1-7-35-31-41(33-47(3,4)45(53)55-29-9-27-51)39-19-23-49(24-20-39)58-44-17-13-38(14-18-44)36(8-2)32-42(34-48(5,6)46(54)56-30-10-28-52)40-21-25-50(26-22-40)57-43-15-11-37(35)12-16-43;1-7-21(22-9-11-25(12-10-22)35-27(33)36-28(2,3)4)19-24(23-13-15-30-16-14-23)20-29(5,6)26(32)34-18-8-17-31;1-5-10-6-8-11(9-7-10)15-12(14)16-13(2,3)4;1-2-7-3-5-8-6-4-7;1-6(2)7(9)10-5-3-4-8/h11-26,35-36,41-42,51-52H,7-10,27-34H2,1-6H3;9-16,21,24,31H,7-8,17-20H2,1-6H3;5-9H,1H2,2-4H3;2-6H,1H2;8H,1,3-5H2,2H3/q+2;;;;. The van der Waals surface area contributed by atoms with Gasteiger partial charge in [-0.2, -0.15) is 0 Å². The minimum absolute atomic E-state index is 0.00681. The van der Waals surface area contributed by atoms with Crippen LogP contribution in [0.3, 0.4) is 0 Å². The average molecular weight is 1770 g/mol. The molecule has 0 aliphatic carbocycles. The van der Waals surface area contributed by atoms with Gasteiger partial charge in [0.05, 0.1) is 42.7 Å². The third kappa shape index (κ3) is 39.4. The fourth-order valence-electron chi connectivity index (χ4n) is 14.1. The maximum absolute atomic E-state index is 13.3. The molecule has 0 radical (unpaired) electrons. The van der Waals surface area contributed by atoms with Gasteiger partial charge >= 0.3 is 36.2 Å². The lowest BCUT2D eigenvalue weighted by Crippen LogP contribution is -2.39. The number of pyridine rings is 4. The fourth-order valence-corrected chi connectivity index (χ4v) is 14.1. The molecule has 7 aliphatic rings. The van der Waals surface area contributed by atoms with E-state index in [0.717, 1.165) is 71.9 Å². The van der Waals surface area contributed by atoms with Gasteiger partial charge in [0.25, 0.3) is 0 Å². The van der Waals surface area contributed by atoms with Crippen molar-refractivity contribution in [2.75, 3.05) is 52.9 Å². The van der Waals surface area contributed by atoms with Gasteiger partial charge in [-0.25, -0.2) is 24.1 Å². The lowest BCUT2D eigenvalue weighted by molar-refractivity contribution is -0.875. The van der Waals surface area contributed by atoms with E-state index in [1.54, 1.807) is 119 Å². The Hall–Kier alpha value is -11.4. The summed E-state index contributed by atoms with van der Waals surface area (Å²) in [6, 6.07) is 47.2. The number of ether oxygens (including phenoxy) is 8. The molecule has 6 atom stereocenters. The van der Waals surface area contributed by atoms with Crippen molar-refractivity contribution in [2.45, 2.75) is 241 Å². The Bertz CT molecular complexity index is 4490. The third-order valence-electron chi connectivity index (χ3n) is 21.1. The van der Waals surface area contributed by atoms with E-state index in [-0.39, 0.29) is 106 Å². The molecule has 11 heterocycles. The second kappa shape index (κ2) is 54.7. The van der Waals surface area contributed by atoms with Crippen molar-refractivity contribution in [3.63, 3.8) is 0 Å². The Morgan fingerprint density at radius 1 is 0.438 bits per heavy atom. The maximum Gasteiger partial charge on any atom is 0.514 e. The number of benzene rings is 4. The first-order chi connectivity index (χ1) is 60.8. The molecule has 694 valence electrons. The average Bonchev–Trinajstić information content (AvgIpc) is 0.815. The smallest absolute Gasteiger partial charge is 0.465 e. The van der Waals surface area contributed by atoms with Crippen LogP contribution in [0.1, 0.15) is 274 Å². The van der Waals surface area contributed by atoms with Crippen molar-refractivity contribution < 1.29 is 106 Å². The Balaban J connectivity index is 0.000000346. The Labute approximate surface area is 758 Å². The molecule has 0 spiro atoms. The number of carbonyl (C=O) groups excluding carboxylic acids is 6. The first kappa shape index (κ1) is 107. The van der Waals surface area contributed by atoms with Gasteiger partial charge in [0.2, 0.25) is 36.3 Å². The van der Waals surface area contributed by atoms with E-state index in [1.165, 1.54) is 11.1 Å². The van der Waals surface area contributed by atoms with Crippen molar-refractivity contribution in [3.8, 4) is 23.0 Å². The SMILES string of the molecule is C=C(C)C(=O)OCCCO.C=Cc1ccc(OC(=O)OC(C)(C)C)cc1.C=Cc1ccncc1.CCC(CC(CC(C)(C)C(=O)OCCCO)c1ccncc1)c1ccc(OC(=O)OC(C)(C)C)cc1.CCC1CC(CC(C)(C)C(=O)OCCCO)c2cc[n+](cc2)Oc2ccc(cc2)C(CC)CC(CC(C)(C)C(=O)OCCCO)c2cc[n+](cc2)Oc2ccc1cc2. The summed E-state index contributed by atoms with van der Waals surface area (Å²) >= 11 is 0. The zero-order valence-corrected chi connectivity index (χ0v) is 78.2. The van der Waals surface area contributed by atoms with E-state index in [1.807, 2.05) is 139 Å². The van der Waals surface area contributed by atoms with Crippen LogP contribution in [-0.2, 0) is 47.6 Å². The van der Waals surface area contributed by atoms with Gasteiger partial charge in [-0.15, -0.1) is 0 Å². The highest BCUT2D eigenvalue weighted by molar-refractivity contribution is 5.87. The highest BCUT2D eigenvalue weighted by Crippen LogP contribution is 2.44. The number of nitrogens with zero attached hydrogens (tertiary/aromatic N) is 4. The van der Waals surface area contributed by atoms with Crippen LogP contribution < -0.4 is 28.6 Å². The van der Waals surface area contributed by atoms with Crippen molar-refractivity contribution in [1.29, 1.82) is 0 Å². The molecule has 128 heavy (non-hydrogen) atoms. The number of aliphatic hydroxyl groups excluding tert-OH is 4. The molecule has 8 bridgehead atoms. The molecule has 24 heteroatoms. The predicted molar refractivity (Wildman–Crippen MR) is 495 cm³/mol. The van der Waals surface area contributed by atoms with E-state index >= 15 is 0 Å². The van der Waals surface area contributed by atoms with E-state index in [2.05, 4.69) is 104 Å². The largest absolute Gasteiger partial charge is 0.514 e. The van der Waals surface area contributed by atoms with Crippen LogP contribution in [0.25, 0.3) is 12.2 Å². The van der Waals surface area contributed by atoms with E-state index < -0.39 is 45.7 Å². The quantitative estimate of drug-likeness (QED) is 0.00741. The summed E-state index contributed by atoms with van der Waals surface area (Å²) in [4.78, 5) is 93.8. The zero-order valence-electron chi connectivity index (χ0n) is 78.2. The lowest BCUT2D eigenvalue weighted by Gasteiger charge is -2.30. The molecule has 15 rings (SSSR count). The summed E-state index contributed by atoms with van der Waals surface area (Å²) in [7, 11) is 0. The van der Waals surface area contributed by atoms with Crippen LogP contribution in [0.4, 0.5) is 9.59 Å².